The Morgan fingerprint density at radius 1 is 1.05 bits per heavy atom. The van der Waals surface area contributed by atoms with Crippen LogP contribution in [-0.4, -0.2) is 9.55 Å². The Hall–Kier alpha value is -1.57. The Balaban J connectivity index is 1.83. The Labute approximate surface area is 116 Å². The SMILES string of the molecule is CCCCn1cc(CCCc2ccccc2)nc1C. The van der Waals surface area contributed by atoms with Gasteiger partial charge in [0.25, 0.3) is 0 Å². The third kappa shape index (κ3) is 4.23. The molecule has 0 N–H and O–H groups in total. The highest BCUT2D eigenvalue weighted by Gasteiger charge is 2.03. The summed E-state index contributed by atoms with van der Waals surface area (Å²) in [6.45, 7) is 5.44. The first-order chi connectivity index (χ1) is 9.29. The van der Waals surface area contributed by atoms with E-state index in [1.807, 2.05) is 0 Å². The fourth-order valence-electron chi connectivity index (χ4n) is 2.37. The lowest BCUT2D eigenvalue weighted by molar-refractivity contribution is 0.616. The Morgan fingerprint density at radius 2 is 1.84 bits per heavy atom. The molecule has 0 aliphatic heterocycles. The molecule has 0 saturated heterocycles. The zero-order valence-corrected chi connectivity index (χ0v) is 12.1. The van der Waals surface area contributed by atoms with Gasteiger partial charge in [0.2, 0.25) is 0 Å². The van der Waals surface area contributed by atoms with E-state index in [-0.39, 0.29) is 0 Å². The van der Waals surface area contributed by atoms with Gasteiger partial charge < -0.3 is 4.57 Å². The summed E-state index contributed by atoms with van der Waals surface area (Å²) >= 11 is 0. The van der Waals surface area contributed by atoms with Crippen LogP contribution in [-0.2, 0) is 19.4 Å². The number of aryl methyl sites for hydroxylation is 4. The van der Waals surface area contributed by atoms with Crippen LogP contribution in [0.5, 0.6) is 0 Å². The fourth-order valence-corrected chi connectivity index (χ4v) is 2.37. The topological polar surface area (TPSA) is 17.8 Å². The minimum Gasteiger partial charge on any atom is -0.335 e. The molecule has 0 amide bonds. The lowest BCUT2D eigenvalue weighted by atomic mass is 10.1. The van der Waals surface area contributed by atoms with Crippen molar-refractivity contribution in [3.63, 3.8) is 0 Å². The predicted molar refractivity (Wildman–Crippen MR) is 80.3 cm³/mol. The first kappa shape index (κ1) is 13.9. The third-order valence-corrected chi connectivity index (χ3v) is 3.52. The van der Waals surface area contributed by atoms with Gasteiger partial charge >= 0.3 is 0 Å². The van der Waals surface area contributed by atoms with Crippen LogP contribution in [0.2, 0.25) is 0 Å². The van der Waals surface area contributed by atoms with Crippen molar-refractivity contribution in [1.29, 1.82) is 0 Å². The lowest BCUT2D eigenvalue weighted by Crippen LogP contribution is -1.98. The summed E-state index contributed by atoms with van der Waals surface area (Å²) < 4.78 is 2.29. The van der Waals surface area contributed by atoms with E-state index < -0.39 is 0 Å². The van der Waals surface area contributed by atoms with Gasteiger partial charge in [-0.1, -0.05) is 43.7 Å². The zero-order valence-electron chi connectivity index (χ0n) is 12.1. The Kier molecular flexibility index (Phi) is 5.20. The van der Waals surface area contributed by atoms with Crippen molar-refractivity contribution >= 4 is 0 Å². The standard InChI is InChI=1S/C17H24N2/c1-3-4-13-19-14-17(18-15(19)2)12-8-11-16-9-6-5-7-10-16/h5-7,9-10,14H,3-4,8,11-13H2,1-2H3. The molecule has 2 heteroatoms. The zero-order chi connectivity index (χ0) is 13.5. The molecule has 102 valence electrons. The second-order valence-corrected chi connectivity index (χ2v) is 5.17. The summed E-state index contributed by atoms with van der Waals surface area (Å²) in [6, 6.07) is 10.7. The second kappa shape index (κ2) is 7.13. The Morgan fingerprint density at radius 3 is 2.58 bits per heavy atom. The number of unbranched alkanes of at least 4 members (excludes halogenated alkanes) is 1. The van der Waals surface area contributed by atoms with Crippen molar-refractivity contribution in [3.8, 4) is 0 Å². The molecule has 0 aliphatic rings. The van der Waals surface area contributed by atoms with E-state index >= 15 is 0 Å². The van der Waals surface area contributed by atoms with Gasteiger partial charge in [0, 0.05) is 12.7 Å². The van der Waals surface area contributed by atoms with E-state index in [1.165, 1.54) is 30.5 Å². The van der Waals surface area contributed by atoms with Crippen molar-refractivity contribution in [2.75, 3.05) is 0 Å². The van der Waals surface area contributed by atoms with Crippen molar-refractivity contribution in [1.82, 2.24) is 9.55 Å². The molecule has 1 aromatic carbocycles. The lowest BCUT2D eigenvalue weighted by Gasteiger charge is -2.01. The maximum atomic E-state index is 4.66. The van der Waals surface area contributed by atoms with E-state index in [4.69, 9.17) is 0 Å². The van der Waals surface area contributed by atoms with Crippen LogP contribution in [0.4, 0.5) is 0 Å². The number of nitrogens with zero attached hydrogens (tertiary/aromatic N) is 2. The fraction of sp³-hybridized carbons (Fsp3) is 0.471. The molecule has 19 heavy (non-hydrogen) atoms. The molecule has 0 aliphatic carbocycles. The maximum absolute atomic E-state index is 4.66. The molecule has 0 fully saturated rings. The first-order valence-corrected chi connectivity index (χ1v) is 7.36. The number of rotatable bonds is 7. The average Bonchev–Trinajstić information content (AvgIpc) is 2.78. The molecule has 0 atom stereocenters. The van der Waals surface area contributed by atoms with Crippen molar-refractivity contribution < 1.29 is 0 Å². The van der Waals surface area contributed by atoms with Crippen LogP contribution >= 0.6 is 0 Å². The molecular formula is C17H24N2. The van der Waals surface area contributed by atoms with Gasteiger partial charge in [-0.15, -0.1) is 0 Å². The molecule has 2 rings (SSSR count). The molecule has 0 spiro atoms. The summed E-state index contributed by atoms with van der Waals surface area (Å²) in [6.07, 6.45) is 8.10. The van der Waals surface area contributed by atoms with Crippen LogP contribution in [0.15, 0.2) is 36.5 Å². The maximum Gasteiger partial charge on any atom is 0.105 e. The summed E-state index contributed by atoms with van der Waals surface area (Å²) in [5.41, 5.74) is 2.66. The molecule has 1 aromatic heterocycles. The molecular weight excluding hydrogens is 232 g/mol. The van der Waals surface area contributed by atoms with Gasteiger partial charge in [-0.3, -0.25) is 0 Å². The average molecular weight is 256 g/mol. The number of hydrogen-bond donors (Lipinski definition) is 0. The highest BCUT2D eigenvalue weighted by molar-refractivity contribution is 5.15. The van der Waals surface area contributed by atoms with Gasteiger partial charge in [0.15, 0.2) is 0 Å². The van der Waals surface area contributed by atoms with E-state index in [0.29, 0.717) is 0 Å². The highest BCUT2D eigenvalue weighted by Crippen LogP contribution is 2.09. The van der Waals surface area contributed by atoms with Gasteiger partial charge in [0.1, 0.15) is 5.82 Å². The van der Waals surface area contributed by atoms with Gasteiger partial charge in [-0.2, -0.15) is 0 Å². The molecule has 0 radical (unpaired) electrons. The molecule has 0 bridgehead atoms. The van der Waals surface area contributed by atoms with Crippen molar-refractivity contribution in [3.05, 3.63) is 53.6 Å². The quantitative estimate of drug-likeness (QED) is 0.727. The van der Waals surface area contributed by atoms with Gasteiger partial charge in [0.05, 0.1) is 5.69 Å². The molecule has 0 unspecified atom stereocenters. The minimum absolute atomic E-state index is 1.08. The summed E-state index contributed by atoms with van der Waals surface area (Å²) in [7, 11) is 0. The number of benzene rings is 1. The van der Waals surface area contributed by atoms with E-state index in [9.17, 15) is 0 Å². The van der Waals surface area contributed by atoms with Crippen LogP contribution in [0.25, 0.3) is 0 Å². The highest BCUT2D eigenvalue weighted by atomic mass is 15.1. The van der Waals surface area contributed by atoms with Crippen LogP contribution in [0, 0.1) is 6.92 Å². The molecule has 1 heterocycles. The smallest absolute Gasteiger partial charge is 0.105 e. The van der Waals surface area contributed by atoms with Crippen LogP contribution in [0.1, 0.15) is 43.3 Å². The molecule has 2 nitrogen and oxygen atoms in total. The Bertz CT molecular complexity index is 485. The van der Waals surface area contributed by atoms with Gasteiger partial charge in [-0.05, 0) is 38.2 Å². The number of imidazole rings is 1. The predicted octanol–water partition coefficient (Wildman–Crippen LogP) is 4.17. The normalized spacial score (nSPS) is 10.8. The summed E-state index contributed by atoms with van der Waals surface area (Å²) in [5.74, 6) is 1.16. The van der Waals surface area contributed by atoms with E-state index in [2.05, 4.69) is 59.9 Å². The van der Waals surface area contributed by atoms with Gasteiger partial charge in [-0.25, -0.2) is 4.98 Å². The monoisotopic (exact) mass is 256 g/mol. The molecule has 2 aromatic rings. The summed E-state index contributed by atoms with van der Waals surface area (Å²) in [5, 5.41) is 0. The third-order valence-electron chi connectivity index (χ3n) is 3.52. The summed E-state index contributed by atoms with van der Waals surface area (Å²) in [4.78, 5) is 4.66. The second-order valence-electron chi connectivity index (χ2n) is 5.17. The number of aromatic nitrogens is 2. The minimum atomic E-state index is 1.08. The van der Waals surface area contributed by atoms with Crippen LogP contribution < -0.4 is 0 Å². The molecule has 0 saturated carbocycles. The number of hydrogen-bond acceptors (Lipinski definition) is 1. The van der Waals surface area contributed by atoms with Crippen molar-refractivity contribution in [2.45, 2.75) is 52.5 Å². The van der Waals surface area contributed by atoms with E-state index in [1.54, 1.807) is 0 Å². The first-order valence-electron chi connectivity index (χ1n) is 7.36. The van der Waals surface area contributed by atoms with Crippen LogP contribution in [0.3, 0.4) is 0 Å². The largest absolute Gasteiger partial charge is 0.335 e. The van der Waals surface area contributed by atoms with Crippen molar-refractivity contribution in [2.24, 2.45) is 0 Å². The van der Waals surface area contributed by atoms with E-state index in [0.717, 1.165) is 25.2 Å².